The second-order valence-electron chi connectivity index (χ2n) is 6.45. The molecule has 2 aromatic rings. The van der Waals surface area contributed by atoms with Gasteiger partial charge >= 0.3 is 0 Å². The highest BCUT2D eigenvalue weighted by atomic mass is 31.2. The molecule has 24 heavy (non-hydrogen) atoms. The number of aromatic hydroxyl groups is 1. The van der Waals surface area contributed by atoms with E-state index in [1.807, 2.05) is 0 Å². The predicted octanol–water partition coefficient (Wildman–Crippen LogP) is -0.357. The SMILES string of the molecule is BN1CCn2c(c(O)c3nccc(CP(C)(C)=O)c3/c2=N/N)C1=O. The van der Waals surface area contributed by atoms with Gasteiger partial charge in [0.2, 0.25) is 7.98 Å². The Labute approximate surface area is 139 Å². The summed E-state index contributed by atoms with van der Waals surface area (Å²) in [5.74, 6) is 5.10. The number of nitrogens with two attached hydrogens (primary N) is 1. The summed E-state index contributed by atoms with van der Waals surface area (Å²) in [6.45, 7) is 4.34. The third-order valence-corrected chi connectivity index (χ3v) is 5.22. The molecule has 0 unspecified atom stereocenters. The van der Waals surface area contributed by atoms with Crippen LogP contribution in [0.4, 0.5) is 0 Å². The topological polar surface area (TPSA) is 114 Å². The Morgan fingerprint density at radius 1 is 1.46 bits per heavy atom. The normalized spacial score (nSPS) is 15.8. The maximum absolute atomic E-state index is 12.5. The van der Waals surface area contributed by atoms with Crippen molar-refractivity contribution < 1.29 is 14.5 Å². The quantitative estimate of drug-likeness (QED) is 0.333. The van der Waals surface area contributed by atoms with Crippen molar-refractivity contribution in [2.24, 2.45) is 10.9 Å². The second-order valence-corrected chi connectivity index (χ2v) is 9.92. The number of aromatic nitrogens is 2. The lowest BCUT2D eigenvalue weighted by Crippen LogP contribution is -2.44. The molecule has 0 bridgehead atoms. The van der Waals surface area contributed by atoms with E-state index in [0.717, 1.165) is 5.56 Å². The van der Waals surface area contributed by atoms with Crippen molar-refractivity contribution in [2.75, 3.05) is 19.9 Å². The van der Waals surface area contributed by atoms with Crippen molar-refractivity contribution >= 4 is 31.9 Å². The lowest BCUT2D eigenvalue weighted by molar-refractivity contribution is 0.0818. The van der Waals surface area contributed by atoms with Crippen LogP contribution in [0, 0.1) is 0 Å². The molecule has 0 saturated heterocycles. The number of hydrogen-bond acceptors (Lipinski definition) is 6. The van der Waals surface area contributed by atoms with Gasteiger partial charge in [0.15, 0.2) is 16.9 Å². The van der Waals surface area contributed by atoms with Gasteiger partial charge in [0.1, 0.15) is 5.52 Å². The maximum Gasteiger partial charge on any atom is 0.262 e. The fourth-order valence-corrected chi connectivity index (χ4v) is 4.14. The zero-order valence-corrected chi connectivity index (χ0v) is 14.7. The molecule has 1 amide bonds. The first-order chi connectivity index (χ1) is 11.2. The molecular formula is C14H19BN5O3P. The Morgan fingerprint density at radius 3 is 2.79 bits per heavy atom. The summed E-state index contributed by atoms with van der Waals surface area (Å²) in [5.41, 5.74) is 1.49. The van der Waals surface area contributed by atoms with Crippen LogP contribution in [0.2, 0.25) is 0 Å². The first-order valence-corrected chi connectivity index (χ1v) is 10.3. The Kier molecular flexibility index (Phi) is 3.91. The van der Waals surface area contributed by atoms with Crippen LogP contribution < -0.4 is 11.3 Å². The monoisotopic (exact) mass is 347 g/mol. The minimum absolute atomic E-state index is 0.126. The molecule has 3 rings (SSSR count). The van der Waals surface area contributed by atoms with E-state index in [0.29, 0.717) is 30.1 Å². The first-order valence-electron chi connectivity index (χ1n) is 7.51. The fourth-order valence-electron chi connectivity index (χ4n) is 3.05. The number of carbonyl (C=O) groups excluding carboxylic acids is 1. The number of hydrogen-bond donors (Lipinski definition) is 2. The second kappa shape index (κ2) is 5.67. The van der Waals surface area contributed by atoms with E-state index in [2.05, 4.69) is 10.1 Å². The summed E-state index contributed by atoms with van der Waals surface area (Å²) < 4.78 is 13.9. The van der Waals surface area contributed by atoms with Gasteiger partial charge in [-0.2, -0.15) is 5.10 Å². The van der Waals surface area contributed by atoms with Crippen LogP contribution in [-0.4, -0.2) is 53.2 Å². The number of amides is 1. The lowest BCUT2D eigenvalue weighted by Gasteiger charge is -2.28. The third kappa shape index (κ3) is 2.58. The molecule has 2 aromatic heterocycles. The van der Waals surface area contributed by atoms with Crippen LogP contribution in [0.1, 0.15) is 16.1 Å². The standard InChI is InChI=1S/C14H19BN5O3P/c1-24(2,23)7-8-3-4-17-10-9(8)13(18-16)19-5-6-20(15)14(22)11(19)12(10)21/h3-4,21H,5-7,15-16H2,1-2H3/b18-13-. The largest absolute Gasteiger partial charge is 0.504 e. The van der Waals surface area contributed by atoms with Crippen LogP contribution in [0.3, 0.4) is 0 Å². The smallest absolute Gasteiger partial charge is 0.262 e. The summed E-state index contributed by atoms with van der Waals surface area (Å²) in [7, 11) is -0.694. The minimum atomic E-state index is -2.36. The van der Waals surface area contributed by atoms with Crippen LogP contribution >= 0.6 is 7.14 Å². The number of rotatable bonds is 2. The van der Waals surface area contributed by atoms with Gasteiger partial charge in [-0.15, -0.1) is 0 Å². The molecule has 1 aliphatic rings. The number of nitrogens with zero attached hydrogens (tertiary/aromatic N) is 4. The molecule has 1 aliphatic heterocycles. The summed E-state index contributed by atoms with van der Waals surface area (Å²) in [6, 6.07) is 1.75. The van der Waals surface area contributed by atoms with Crippen LogP contribution in [0.25, 0.3) is 10.9 Å². The molecule has 126 valence electrons. The molecule has 10 heteroatoms. The van der Waals surface area contributed by atoms with Crippen molar-refractivity contribution in [3.05, 3.63) is 29.0 Å². The van der Waals surface area contributed by atoms with Gasteiger partial charge in [0.05, 0.1) is 12.5 Å². The zero-order chi connectivity index (χ0) is 17.6. The zero-order valence-electron chi connectivity index (χ0n) is 13.9. The molecule has 8 nitrogen and oxygen atoms in total. The van der Waals surface area contributed by atoms with E-state index in [1.54, 1.807) is 31.9 Å². The first kappa shape index (κ1) is 16.6. The lowest BCUT2D eigenvalue weighted by atomic mass is 10.1. The van der Waals surface area contributed by atoms with Gasteiger partial charge in [-0.05, 0) is 25.0 Å². The fraction of sp³-hybridized carbons (Fsp3) is 0.357. The van der Waals surface area contributed by atoms with Crippen LogP contribution in [0.15, 0.2) is 17.4 Å². The van der Waals surface area contributed by atoms with Crippen molar-refractivity contribution in [1.29, 1.82) is 0 Å². The maximum atomic E-state index is 12.5. The Hall–Kier alpha value is -2.28. The van der Waals surface area contributed by atoms with Gasteiger partial charge in [-0.25, -0.2) is 0 Å². The van der Waals surface area contributed by atoms with Gasteiger partial charge in [0, 0.05) is 25.4 Å². The average molecular weight is 347 g/mol. The van der Waals surface area contributed by atoms with Gasteiger partial charge in [-0.3, -0.25) is 9.78 Å². The van der Waals surface area contributed by atoms with Crippen LogP contribution in [-0.2, 0) is 17.3 Å². The van der Waals surface area contributed by atoms with E-state index >= 15 is 0 Å². The van der Waals surface area contributed by atoms with Crippen molar-refractivity contribution in [3.8, 4) is 5.75 Å². The number of fused-ring (bicyclic) bond motifs is 2. The molecule has 0 radical (unpaired) electrons. The molecule has 0 spiro atoms. The highest BCUT2D eigenvalue weighted by molar-refractivity contribution is 7.61. The number of carbonyl (C=O) groups is 1. The van der Waals surface area contributed by atoms with Gasteiger partial charge in [0.25, 0.3) is 5.91 Å². The Bertz CT molecular complexity index is 965. The number of pyridine rings is 2. The minimum Gasteiger partial charge on any atom is -0.504 e. The predicted molar refractivity (Wildman–Crippen MR) is 93.9 cm³/mol. The molecule has 0 aliphatic carbocycles. The van der Waals surface area contributed by atoms with Crippen LogP contribution in [0.5, 0.6) is 5.75 Å². The van der Waals surface area contributed by atoms with Gasteiger partial charge in [-0.1, -0.05) is 0 Å². The van der Waals surface area contributed by atoms with E-state index in [9.17, 15) is 14.5 Å². The van der Waals surface area contributed by atoms with Crippen molar-refractivity contribution in [3.63, 3.8) is 0 Å². The molecular weight excluding hydrogens is 328 g/mol. The molecule has 0 atom stereocenters. The summed E-state index contributed by atoms with van der Waals surface area (Å²) in [5, 5.41) is 15.0. The average Bonchev–Trinajstić information content (AvgIpc) is 2.50. The molecule has 0 fully saturated rings. The van der Waals surface area contributed by atoms with E-state index in [1.165, 1.54) is 11.0 Å². The Balaban J connectivity index is 2.45. The summed E-state index contributed by atoms with van der Waals surface area (Å²) in [4.78, 5) is 18.2. The highest BCUT2D eigenvalue weighted by Crippen LogP contribution is 2.42. The molecule has 0 aromatic carbocycles. The van der Waals surface area contributed by atoms with E-state index in [-0.39, 0.29) is 22.9 Å². The van der Waals surface area contributed by atoms with E-state index in [4.69, 9.17) is 5.84 Å². The molecule has 0 saturated carbocycles. The van der Waals surface area contributed by atoms with E-state index < -0.39 is 7.14 Å². The highest BCUT2D eigenvalue weighted by Gasteiger charge is 2.29. The Morgan fingerprint density at radius 2 is 2.17 bits per heavy atom. The molecule has 3 heterocycles. The summed E-state index contributed by atoms with van der Waals surface area (Å²) in [6.07, 6.45) is 1.86. The summed E-state index contributed by atoms with van der Waals surface area (Å²) >= 11 is 0. The third-order valence-electron chi connectivity index (χ3n) is 4.12. The van der Waals surface area contributed by atoms with Crippen molar-refractivity contribution in [2.45, 2.75) is 12.7 Å². The van der Waals surface area contributed by atoms with Crippen molar-refractivity contribution in [1.82, 2.24) is 14.4 Å². The molecule has 3 N–H and O–H groups in total. The van der Waals surface area contributed by atoms with Gasteiger partial charge < -0.3 is 24.9 Å².